The largest absolute Gasteiger partial charge is 0.495 e. The van der Waals surface area contributed by atoms with E-state index in [0.29, 0.717) is 5.02 Å². The average Bonchev–Trinajstić information content (AvgIpc) is 2.95. The standard InChI is InChI=1S/C13H18ClNO/c1-9-5-11(9)8-15-7-10-3-4-13(16-2)12(14)6-10/h3-4,6,9,11,15H,5,7-8H2,1-2H3. The van der Waals surface area contributed by atoms with E-state index in [1.807, 2.05) is 18.2 Å². The van der Waals surface area contributed by atoms with Crippen LogP contribution in [0.3, 0.4) is 0 Å². The van der Waals surface area contributed by atoms with Crippen LogP contribution in [-0.2, 0) is 6.54 Å². The van der Waals surface area contributed by atoms with Gasteiger partial charge in [-0.2, -0.15) is 0 Å². The summed E-state index contributed by atoms with van der Waals surface area (Å²) in [5, 5.41) is 4.14. The van der Waals surface area contributed by atoms with E-state index in [4.69, 9.17) is 16.3 Å². The van der Waals surface area contributed by atoms with Crippen LogP contribution in [0.2, 0.25) is 5.02 Å². The van der Waals surface area contributed by atoms with Crippen molar-refractivity contribution in [3.05, 3.63) is 28.8 Å². The molecule has 1 aliphatic rings. The smallest absolute Gasteiger partial charge is 0.137 e. The molecule has 3 heteroatoms. The maximum Gasteiger partial charge on any atom is 0.137 e. The Morgan fingerprint density at radius 1 is 1.50 bits per heavy atom. The van der Waals surface area contributed by atoms with Crippen LogP contribution in [0.25, 0.3) is 0 Å². The third-order valence-corrected chi connectivity index (χ3v) is 3.52. The first-order chi connectivity index (χ1) is 7.70. The summed E-state index contributed by atoms with van der Waals surface area (Å²) in [6.07, 6.45) is 1.37. The van der Waals surface area contributed by atoms with Crippen LogP contribution in [0.15, 0.2) is 18.2 Å². The van der Waals surface area contributed by atoms with Gasteiger partial charge in [-0.3, -0.25) is 0 Å². The molecule has 1 saturated carbocycles. The lowest BCUT2D eigenvalue weighted by molar-refractivity contribution is 0.415. The molecular weight excluding hydrogens is 222 g/mol. The van der Waals surface area contributed by atoms with Gasteiger partial charge in [0.05, 0.1) is 12.1 Å². The first-order valence-electron chi connectivity index (χ1n) is 5.74. The zero-order valence-electron chi connectivity index (χ0n) is 9.79. The summed E-state index contributed by atoms with van der Waals surface area (Å²) in [5.41, 5.74) is 1.21. The van der Waals surface area contributed by atoms with Crippen LogP contribution in [0.1, 0.15) is 18.9 Å². The number of hydrogen-bond acceptors (Lipinski definition) is 2. The van der Waals surface area contributed by atoms with Crippen LogP contribution in [0, 0.1) is 11.8 Å². The van der Waals surface area contributed by atoms with Crippen molar-refractivity contribution < 1.29 is 4.74 Å². The van der Waals surface area contributed by atoms with Gasteiger partial charge in [-0.05, 0) is 42.5 Å². The molecule has 0 heterocycles. The number of benzene rings is 1. The van der Waals surface area contributed by atoms with Crippen molar-refractivity contribution in [2.75, 3.05) is 13.7 Å². The number of halogens is 1. The van der Waals surface area contributed by atoms with Crippen LogP contribution < -0.4 is 10.1 Å². The Kier molecular flexibility index (Phi) is 3.72. The number of nitrogens with one attached hydrogen (secondary N) is 1. The second-order valence-electron chi connectivity index (χ2n) is 4.57. The molecule has 1 aliphatic carbocycles. The Morgan fingerprint density at radius 2 is 2.25 bits per heavy atom. The lowest BCUT2D eigenvalue weighted by Crippen LogP contribution is -2.16. The first kappa shape index (κ1) is 11.7. The molecule has 2 nitrogen and oxygen atoms in total. The molecule has 2 atom stereocenters. The van der Waals surface area contributed by atoms with Gasteiger partial charge in [0.1, 0.15) is 5.75 Å². The van der Waals surface area contributed by atoms with E-state index >= 15 is 0 Å². The molecule has 1 N–H and O–H groups in total. The molecule has 0 radical (unpaired) electrons. The fourth-order valence-electron chi connectivity index (χ4n) is 1.91. The summed E-state index contributed by atoms with van der Waals surface area (Å²) in [4.78, 5) is 0. The summed E-state index contributed by atoms with van der Waals surface area (Å²) in [6.45, 7) is 4.30. The normalized spacial score (nSPS) is 23.2. The third-order valence-electron chi connectivity index (χ3n) is 3.23. The zero-order chi connectivity index (χ0) is 11.5. The summed E-state index contributed by atoms with van der Waals surface area (Å²) in [7, 11) is 1.63. The molecule has 2 rings (SSSR count). The number of rotatable bonds is 5. The van der Waals surface area contributed by atoms with E-state index < -0.39 is 0 Å². The lowest BCUT2D eigenvalue weighted by atomic mass is 10.2. The maximum atomic E-state index is 6.05. The van der Waals surface area contributed by atoms with Crippen LogP contribution in [0.4, 0.5) is 0 Å². The van der Waals surface area contributed by atoms with Gasteiger partial charge in [0, 0.05) is 6.54 Å². The minimum atomic E-state index is 0.682. The molecule has 2 unspecified atom stereocenters. The predicted octanol–water partition coefficient (Wildman–Crippen LogP) is 3.09. The molecule has 1 aromatic rings. The monoisotopic (exact) mass is 239 g/mol. The molecule has 0 amide bonds. The van der Waals surface area contributed by atoms with Gasteiger partial charge in [-0.25, -0.2) is 0 Å². The van der Waals surface area contributed by atoms with E-state index in [0.717, 1.165) is 30.7 Å². The topological polar surface area (TPSA) is 21.3 Å². The van der Waals surface area contributed by atoms with Crippen LogP contribution in [0.5, 0.6) is 5.75 Å². The van der Waals surface area contributed by atoms with Crippen molar-refractivity contribution in [2.45, 2.75) is 19.9 Å². The van der Waals surface area contributed by atoms with Gasteiger partial charge >= 0.3 is 0 Å². The lowest BCUT2D eigenvalue weighted by Gasteiger charge is -2.07. The number of ether oxygens (including phenoxy) is 1. The van der Waals surface area contributed by atoms with Crippen molar-refractivity contribution in [3.63, 3.8) is 0 Å². The van der Waals surface area contributed by atoms with Crippen molar-refractivity contribution in [3.8, 4) is 5.75 Å². The molecule has 16 heavy (non-hydrogen) atoms. The molecule has 0 aliphatic heterocycles. The minimum Gasteiger partial charge on any atom is -0.495 e. The number of hydrogen-bond donors (Lipinski definition) is 1. The third kappa shape index (κ3) is 2.89. The molecule has 1 aromatic carbocycles. The van der Waals surface area contributed by atoms with E-state index in [1.54, 1.807) is 7.11 Å². The first-order valence-corrected chi connectivity index (χ1v) is 6.11. The average molecular weight is 240 g/mol. The molecular formula is C13H18ClNO. The van der Waals surface area contributed by atoms with Gasteiger partial charge in [0.15, 0.2) is 0 Å². The van der Waals surface area contributed by atoms with Crippen LogP contribution in [-0.4, -0.2) is 13.7 Å². The fourth-order valence-corrected chi connectivity index (χ4v) is 2.19. The molecule has 0 spiro atoms. The Hall–Kier alpha value is -0.730. The fraction of sp³-hybridized carbons (Fsp3) is 0.538. The van der Waals surface area contributed by atoms with E-state index in [-0.39, 0.29) is 0 Å². The molecule has 0 saturated heterocycles. The molecule has 1 fully saturated rings. The van der Waals surface area contributed by atoms with Gasteiger partial charge in [0.25, 0.3) is 0 Å². The molecule has 0 bridgehead atoms. The second-order valence-corrected chi connectivity index (χ2v) is 4.98. The predicted molar refractivity (Wildman–Crippen MR) is 67.0 cm³/mol. The summed E-state index contributed by atoms with van der Waals surface area (Å²) >= 11 is 6.05. The van der Waals surface area contributed by atoms with E-state index in [1.165, 1.54) is 12.0 Å². The van der Waals surface area contributed by atoms with Crippen molar-refractivity contribution in [1.29, 1.82) is 0 Å². The van der Waals surface area contributed by atoms with Gasteiger partial charge in [-0.1, -0.05) is 24.6 Å². The Labute approximate surface area is 102 Å². The Bertz CT molecular complexity index is 367. The Balaban J connectivity index is 1.82. The van der Waals surface area contributed by atoms with E-state index in [2.05, 4.69) is 12.2 Å². The van der Waals surface area contributed by atoms with Gasteiger partial charge in [-0.15, -0.1) is 0 Å². The quantitative estimate of drug-likeness (QED) is 0.853. The van der Waals surface area contributed by atoms with Gasteiger partial charge < -0.3 is 10.1 Å². The zero-order valence-corrected chi connectivity index (χ0v) is 10.6. The highest BCUT2D eigenvalue weighted by molar-refractivity contribution is 6.32. The number of methoxy groups -OCH3 is 1. The highest BCUT2D eigenvalue weighted by Crippen LogP contribution is 2.36. The summed E-state index contributed by atoms with van der Waals surface area (Å²) < 4.78 is 5.11. The highest BCUT2D eigenvalue weighted by atomic mass is 35.5. The highest BCUT2D eigenvalue weighted by Gasteiger charge is 2.31. The van der Waals surface area contributed by atoms with Crippen molar-refractivity contribution in [2.24, 2.45) is 11.8 Å². The SMILES string of the molecule is COc1ccc(CNCC2CC2C)cc1Cl. The van der Waals surface area contributed by atoms with Crippen LogP contribution >= 0.6 is 11.6 Å². The van der Waals surface area contributed by atoms with Crippen molar-refractivity contribution >= 4 is 11.6 Å². The molecule has 0 aromatic heterocycles. The van der Waals surface area contributed by atoms with Crippen molar-refractivity contribution in [1.82, 2.24) is 5.32 Å². The second kappa shape index (κ2) is 5.07. The van der Waals surface area contributed by atoms with E-state index in [9.17, 15) is 0 Å². The summed E-state index contributed by atoms with van der Waals surface area (Å²) in [5.74, 6) is 2.53. The Morgan fingerprint density at radius 3 is 2.81 bits per heavy atom. The molecule has 88 valence electrons. The van der Waals surface area contributed by atoms with Gasteiger partial charge in [0.2, 0.25) is 0 Å². The minimum absolute atomic E-state index is 0.682. The maximum absolute atomic E-state index is 6.05. The summed E-state index contributed by atoms with van der Waals surface area (Å²) in [6, 6.07) is 5.93.